The van der Waals surface area contributed by atoms with Crippen LogP contribution in [0.4, 0.5) is 0 Å². The zero-order valence-corrected chi connectivity index (χ0v) is 26.7. The first-order chi connectivity index (χ1) is 21.7. The van der Waals surface area contributed by atoms with Crippen molar-refractivity contribution in [2.24, 2.45) is 0 Å². The summed E-state index contributed by atoms with van der Waals surface area (Å²) in [6.45, 7) is 2.89. The van der Waals surface area contributed by atoms with E-state index >= 15 is 0 Å². The van der Waals surface area contributed by atoms with Crippen molar-refractivity contribution in [1.82, 2.24) is 9.80 Å². The average molecular weight is 658 g/mol. The van der Waals surface area contributed by atoms with Gasteiger partial charge in [-0.2, -0.15) is 0 Å². The number of likely N-dealkylation sites (tertiary alicyclic amines) is 2. The molecule has 3 aromatic rings. The number of hydrogen-bond donors (Lipinski definition) is 2. The summed E-state index contributed by atoms with van der Waals surface area (Å²) < 4.78 is 23.7. The van der Waals surface area contributed by atoms with E-state index in [9.17, 15) is 15.0 Å². The van der Waals surface area contributed by atoms with Crippen molar-refractivity contribution in [3.8, 4) is 23.0 Å². The quantitative estimate of drug-likeness (QED) is 0.315. The Kier molecular flexibility index (Phi) is 9.63. The number of β-amino-alcohol motifs (C(OH)–C–C–N with tert-alkyl or cyclic N) is 2. The Balaban J connectivity index is 1.09. The third kappa shape index (κ3) is 7.45. The topological polar surface area (TPSA) is 101 Å². The lowest BCUT2D eigenvalue weighted by Crippen LogP contribution is -2.49. The third-order valence-corrected chi connectivity index (χ3v) is 9.33. The lowest BCUT2D eigenvalue weighted by Gasteiger charge is -2.39. The van der Waals surface area contributed by atoms with Gasteiger partial charge in [0, 0.05) is 63.1 Å². The van der Waals surface area contributed by atoms with E-state index in [0.29, 0.717) is 25.3 Å². The number of hydrogen-bond acceptors (Lipinski definition) is 8. The van der Waals surface area contributed by atoms with Crippen LogP contribution in [0.2, 0.25) is 10.0 Å². The van der Waals surface area contributed by atoms with Crippen LogP contribution in [0.3, 0.4) is 0 Å². The molecule has 0 aliphatic carbocycles. The summed E-state index contributed by atoms with van der Waals surface area (Å²) in [5.74, 6) is 1.98. The van der Waals surface area contributed by atoms with Gasteiger partial charge >= 0.3 is 0 Å². The predicted octanol–water partition coefficient (Wildman–Crippen LogP) is 5.00. The van der Waals surface area contributed by atoms with E-state index < -0.39 is 12.2 Å². The Morgan fingerprint density at radius 1 is 1.04 bits per heavy atom. The van der Waals surface area contributed by atoms with Gasteiger partial charge in [0.05, 0.1) is 23.8 Å². The zero-order valence-electron chi connectivity index (χ0n) is 25.2. The van der Waals surface area contributed by atoms with Crippen LogP contribution in [-0.2, 0) is 13.0 Å². The summed E-state index contributed by atoms with van der Waals surface area (Å²) >= 11 is 12.8. The first-order valence-corrected chi connectivity index (χ1v) is 16.0. The van der Waals surface area contributed by atoms with E-state index in [2.05, 4.69) is 4.90 Å². The SMILES string of the molecule is COc1ccc(COc2cc(OC[C@@H](O)CN3CCC4(CC3)Cc3cc(Cl)ccc3O4)c(C(=O)N3CC[C@H](O)C3)cc2Cl)cc1. The van der Waals surface area contributed by atoms with E-state index in [1.807, 2.05) is 42.5 Å². The molecule has 6 rings (SSSR count). The van der Waals surface area contributed by atoms with Crippen LogP contribution in [0.15, 0.2) is 54.6 Å². The molecule has 0 aromatic heterocycles. The summed E-state index contributed by atoms with van der Waals surface area (Å²) in [6, 6.07) is 16.4. The number of carbonyl (C=O) groups excluding carboxylic acids is 1. The van der Waals surface area contributed by atoms with E-state index in [1.165, 1.54) is 6.07 Å². The third-order valence-electron chi connectivity index (χ3n) is 8.80. The van der Waals surface area contributed by atoms with Gasteiger partial charge in [0.1, 0.15) is 47.9 Å². The molecule has 45 heavy (non-hydrogen) atoms. The number of ether oxygens (including phenoxy) is 4. The molecule has 9 nitrogen and oxygen atoms in total. The fourth-order valence-corrected chi connectivity index (χ4v) is 6.69. The molecule has 0 unspecified atom stereocenters. The molecule has 3 aromatic carbocycles. The summed E-state index contributed by atoms with van der Waals surface area (Å²) in [5.41, 5.74) is 2.09. The Labute approximate surface area is 273 Å². The number of carbonyl (C=O) groups is 1. The molecule has 0 saturated carbocycles. The highest BCUT2D eigenvalue weighted by atomic mass is 35.5. The fourth-order valence-electron chi connectivity index (χ4n) is 6.27. The monoisotopic (exact) mass is 656 g/mol. The molecule has 2 fully saturated rings. The molecular weight excluding hydrogens is 619 g/mol. The number of benzene rings is 3. The van der Waals surface area contributed by atoms with Crippen LogP contribution < -0.4 is 18.9 Å². The highest BCUT2D eigenvalue weighted by Crippen LogP contribution is 2.42. The van der Waals surface area contributed by atoms with Crippen molar-refractivity contribution in [3.05, 3.63) is 81.3 Å². The van der Waals surface area contributed by atoms with E-state index in [0.717, 1.165) is 60.0 Å². The molecular formula is C34H38Cl2N2O7. The van der Waals surface area contributed by atoms with Crippen LogP contribution in [0, 0.1) is 0 Å². The van der Waals surface area contributed by atoms with Crippen molar-refractivity contribution >= 4 is 29.1 Å². The fraction of sp³-hybridized carbons (Fsp3) is 0.441. The van der Waals surface area contributed by atoms with Crippen molar-refractivity contribution in [3.63, 3.8) is 0 Å². The van der Waals surface area contributed by atoms with Gasteiger partial charge in [-0.3, -0.25) is 4.79 Å². The Hall–Kier alpha value is -3.21. The number of rotatable bonds is 10. The van der Waals surface area contributed by atoms with Gasteiger partial charge in [-0.05, 0) is 53.9 Å². The molecule has 2 saturated heterocycles. The van der Waals surface area contributed by atoms with Crippen molar-refractivity contribution in [1.29, 1.82) is 0 Å². The van der Waals surface area contributed by atoms with Gasteiger partial charge in [0.2, 0.25) is 0 Å². The van der Waals surface area contributed by atoms with Crippen molar-refractivity contribution < 1.29 is 34.0 Å². The Morgan fingerprint density at radius 2 is 1.82 bits per heavy atom. The second kappa shape index (κ2) is 13.6. The first kappa shape index (κ1) is 31.8. The molecule has 3 aliphatic rings. The molecule has 11 heteroatoms. The molecule has 1 spiro atoms. The Morgan fingerprint density at radius 3 is 2.53 bits per heavy atom. The second-order valence-electron chi connectivity index (χ2n) is 12.1. The van der Waals surface area contributed by atoms with Crippen LogP contribution >= 0.6 is 23.2 Å². The Bertz CT molecular complexity index is 1510. The molecule has 2 N–H and O–H groups in total. The van der Waals surface area contributed by atoms with E-state index in [-0.39, 0.29) is 47.6 Å². The highest BCUT2D eigenvalue weighted by Gasteiger charge is 2.42. The molecule has 2 atom stereocenters. The smallest absolute Gasteiger partial charge is 0.257 e. The number of amides is 1. The highest BCUT2D eigenvalue weighted by molar-refractivity contribution is 6.32. The summed E-state index contributed by atoms with van der Waals surface area (Å²) in [4.78, 5) is 17.2. The van der Waals surface area contributed by atoms with E-state index in [1.54, 1.807) is 18.1 Å². The number of methoxy groups -OCH3 is 1. The lowest BCUT2D eigenvalue weighted by atomic mass is 9.87. The van der Waals surface area contributed by atoms with Crippen LogP contribution in [0.25, 0.3) is 0 Å². The standard InChI is InChI=1S/C34H38Cl2N2O7/c1-42-27-5-2-22(3-6-27)20-43-32-16-31(28(15-29(32)36)33(41)38-11-8-25(39)19-38)44-21-26(40)18-37-12-9-34(10-13-37)17-23-14-24(35)4-7-30(23)45-34/h2-7,14-16,25-26,39-40H,8-13,17-21H2,1H3/t25-,26-/m0/s1. The van der Waals surface area contributed by atoms with Gasteiger partial charge in [-0.25, -0.2) is 0 Å². The minimum absolute atomic E-state index is 0.0233. The zero-order chi connectivity index (χ0) is 31.6. The molecule has 0 bridgehead atoms. The maximum Gasteiger partial charge on any atom is 0.257 e. The van der Waals surface area contributed by atoms with Crippen molar-refractivity contribution in [2.45, 2.75) is 50.1 Å². The molecule has 1 amide bonds. The second-order valence-corrected chi connectivity index (χ2v) is 12.9. The first-order valence-electron chi connectivity index (χ1n) is 15.3. The number of aliphatic hydroxyl groups excluding tert-OH is 2. The molecule has 240 valence electrons. The largest absolute Gasteiger partial charge is 0.497 e. The lowest BCUT2D eigenvalue weighted by molar-refractivity contribution is -0.00203. The molecule has 3 aliphatic heterocycles. The maximum absolute atomic E-state index is 13.4. The van der Waals surface area contributed by atoms with Gasteiger partial charge in [-0.15, -0.1) is 0 Å². The molecule has 0 radical (unpaired) electrons. The van der Waals surface area contributed by atoms with Crippen molar-refractivity contribution in [2.75, 3.05) is 46.4 Å². The van der Waals surface area contributed by atoms with Crippen LogP contribution in [-0.4, -0.2) is 90.2 Å². The number of fused-ring (bicyclic) bond motifs is 1. The minimum Gasteiger partial charge on any atom is -0.497 e. The molecule has 3 heterocycles. The number of nitrogens with zero attached hydrogens (tertiary/aromatic N) is 2. The summed E-state index contributed by atoms with van der Waals surface area (Å²) in [6.07, 6.45) is 1.69. The van der Waals surface area contributed by atoms with Gasteiger partial charge < -0.3 is 39.0 Å². The maximum atomic E-state index is 13.4. The summed E-state index contributed by atoms with van der Waals surface area (Å²) in [5, 5.41) is 22.0. The van der Waals surface area contributed by atoms with Crippen LogP contribution in [0.1, 0.15) is 40.7 Å². The van der Waals surface area contributed by atoms with Gasteiger partial charge in [-0.1, -0.05) is 35.3 Å². The summed E-state index contributed by atoms with van der Waals surface area (Å²) in [7, 11) is 1.61. The van der Waals surface area contributed by atoms with E-state index in [4.69, 9.17) is 42.1 Å². The van der Waals surface area contributed by atoms with Crippen LogP contribution in [0.5, 0.6) is 23.0 Å². The minimum atomic E-state index is -0.796. The number of halogens is 2. The normalized spacial score (nSPS) is 19.7. The van der Waals surface area contributed by atoms with Gasteiger partial charge in [0.15, 0.2) is 0 Å². The number of aliphatic hydroxyl groups is 2. The predicted molar refractivity (Wildman–Crippen MR) is 171 cm³/mol. The average Bonchev–Trinajstić information content (AvgIpc) is 3.63. The number of piperidine rings is 1. The van der Waals surface area contributed by atoms with Gasteiger partial charge in [0.25, 0.3) is 5.91 Å².